The van der Waals surface area contributed by atoms with Gasteiger partial charge in [-0.1, -0.05) is 24.3 Å². The van der Waals surface area contributed by atoms with Gasteiger partial charge in [0.15, 0.2) is 11.5 Å². The number of amides is 1. The van der Waals surface area contributed by atoms with E-state index in [0.29, 0.717) is 11.8 Å². The van der Waals surface area contributed by atoms with Gasteiger partial charge in [-0.25, -0.2) is 4.99 Å². The van der Waals surface area contributed by atoms with Crippen molar-refractivity contribution in [3.05, 3.63) is 83.9 Å². The zero-order valence-corrected chi connectivity index (χ0v) is 15.8. The molecule has 1 amide bonds. The molecule has 4 rings (SSSR count). The molecule has 30 heavy (non-hydrogen) atoms. The van der Waals surface area contributed by atoms with Gasteiger partial charge in [-0.2, -0.15) is 13.2 Å². The first-order valence-corrected chi connectivity index (χ1v) is 8.90. The zero-order valence-electron chi connectivity index (χ0n) is 15.8. The van der Waals surface area contributed by atoms with Crippen molar-refractivity contribution in [3.63, 3.8) is 0 Å². The number of likely N-dealkylation sites (N-methyl/N-ethyl adjacent to an activating group) is 1. The van der Waals surface area contributed by atoms with Crippen LogP contribution in [0.1, 0.15) is 16.7 Å². The minimum atomic E-state index is -4.62. The van der Waals surface area contributed by atoms with Gasteiger partial charge in [0, 0.05) is 37.4 Å². The van der Waals surface area contributed by atoms with Crippen molar-refractivity contribution in [2.75, 3.05) is 7.05 Å². The molecule has 1 atom stereocenters. The molecular weight excluding hydrogens is 395 g/mol. The molecule has 3 aromatic rings. The number of pyridine rings is 2. The summed E-state index contributed by atoms with van der Waals surface area (Å²) < 4.78 is 39.9. The van der Waals surface area contributed by atoms with Gasteiger partial charge >= 0.3 is 6.18 Å². The number of nitrogens with zero attached hydrogens (tertiary/aromatic N) is 4. The summed E-state index contributed by atoms with van der Waals surface area (Å²) in [6.45, 7) is 0. The average Bonchev–Trinajstić information content (AvgIpc) is 2.99. The Morgan fingerprint density at radius 1 is 0.967 bits per heavy atom. The van der Waals surface area contributed by atoms with Crippen LogP contribution in [0.5, 0.6) is 0 Å². The number of carbonyl (C=O) groups is 1. The Kier molecular flexibility index (Phi) is 4.53. The maximum absolute atomic E-state index is 13.3. The standard InChI is InChI=1S/C21H16F3N5O/c1-29-18(30)20(28-19(29)25,16-9-17(12-27-11-16)21(22,23)24)15-6-2-4-13(8-15)14-5-3-7-26-10-14/h2-12H,1H3,(H2,25,28). The van der Waals surface area contributed by atoms with Crippen LogP contribution in [0.2, 0.25) is 0 Å². The number of nitrogens with two attached hydrogens (primary N) is 1. The van der Waals surface area contributed by atoms with Gasteiger partial charge in [0.1, 0.15) is 0 Å². The van der Waals surface area contributed by atoms with E-state index in [0.717, 1.165) is 22.1 Å². The highest BCUT2D eigenvalue weighted by molar-refractivity contribution is 6.09. The third kappa shape index (κ3) is 3.08. The molecule has 6 nitrogen and oxygen atoms in total. The molecule has 0 fully saturated rings. The van der Waals surface area contributed by atoms with Gasteiger partial charge in [0.05, 0.1) is 5.56 Å². The number of aliphatic imine (C=N–C) groups is 1. The summed E-state index contributed by atoms with van der Waals surface area (Å²) >= 11 is 0. The number of hydrogen-bond acceptors (Lipinski definition) is 5. The largest absolute Gasteiger partial charge is 0.417 e. The fraction of sp³-hybridized carbons (Fsp3) is 0.143. The first-order valence-electron chi connectivity index (χ1n) is 8.90. The van der Waals surface area contributed by atoms with Gasteiger partial charge < -0.3 is 5.73 Å². The predicted molar refractivity (Wildman–Crippen MR) is 104 cm³/mol. The molecule has 0 radical (unpaired) electrons. The molecule has 1 unspecified atom stereocenters. The lowest BCUT2D eigenvalue weighted by Crippen LogP contribution is -2.41. The first kappa shape index (κ1) is 19.6. The molecule has 0 spiro atoms. The molecule has 2 N–H and O–H groups in total. The molecule has 1 aliphatic heterocycles. The van der Waals surface area contributed by atoms with E-state index in [9.17, 15) is 18.0 Å². The van der Waals surface area contributed by atoms with Crippen LogP contribution < -0.4 is 5.73 Å². The fourth-order valence-electron chi connectivity index (χ4n) is 3.43. The van der Waals surface area contributed by atoms with Crippen molar-refractivity contribution in [1.82, 2.24) is 14.9 Å². The van der Waals surface area contributed by atoms with Crippen LogP contribution >= 0.6 is 0 Å². The number of hydrogen-bond donors (Lipinski definition) is 1. The Morgan fingerprint density at radius 3 is 2.37 bits per heavy atom. The highest BCUT2D eigenvalue weighted by Crippen LogP contribution is 2.41. The molecule has 9 heteroatoms. The van der Waals surface area contributed by atoms with Crippen molar-refractivity contribution in [2.45, 2.75) is 11.7 Å². The summed E-state index contributed by atoms with van der Waals surface area (Å²) in [5, 5.41) is 0. The second-order valence-electron chi connectivity index (χ2n) is 6.83. The smallest absolute Gasteiger partial charge is 0.369 e. The summed E-state index contributed by atoms with van der Waals surface area (Å²) in [5.74, 6) is -0.659. The number of carbonyl (C=O) groups excluding carboxylic acids is 1. The average molecular weight is 411 g/mol. The van der Waals surface area contributed by atoms with E-state index in [1.807, 2.05) is 12.1 Å². The topological polar surface area (TPSA) is 84.5 Å². The molecule has 0 aliphatic carbocycles. The van der Waals surface area contributed by atoms with Crippen molar-refractivity contribution in [1.29, 1.82) is 0 Å². The van der Waals surface area contributed by atoms with Crippen molar-refractivity contribution >= 4 is 11.9 Å². The molecule has 1 aromatic carbocycles. The monoisotopic (exact) mass is 411 g/mol. The van der Waals surface area contributed by atoms with Gasteiger partial charge in [-0.05, 0) is 34.9 Å². The van der Waals surface area contributed by atoms with E-state index in [1.165, 1.54) is 13.2 Å². The van der Waals surface area contributed by atoms with E-state index >= 15 is 0 Å². The number of alkyl halides is 3. The number of benzene rings is 1. The summed E-state index contributed by atoms with van der Waals surface area (Å²) in [5.41, 5.74) is 5.03. The van der Waals surface area contributed by atoms with E-state index in [-0.39, 0.29) is 11.5 Å². The molecule has 2 aromatic heterocycles. The summed E-state index contributed by atoms with van der Waals surface area (Å²) in [4.78, 5) is 26.5. The Labute approximate surface area is 169 Å². The molecule has 152 valence electrons. The molecule has 1 aliphatic rings. The van der Waals surface area contributed by atoms with Crippen molar-refractivity contribution < 1.29 is 18.0 Å². The van der Waals surface area contributed by atoms with Gasteiger partial charge in [-0.3, -0.25) is 19.7 Å². The van der Waals surface area contributed by atoms with Gasteiger partial charge in [-0.15, -0.1) is 0 Å². The Balaban J connectivity index is 1.95. The predicted octanol–water partition coefficient (Wildman–Crippen LogP) is 3.19. The molecule has 0 bridgehead atoms. The Hall–Kier alpha value is -3.75. The first-order chi connectivity index (χ1) is 14.2. The molecule has 0 saturated carbocycles. The normalized spacial score (nSPS) is 19.1. The second kappa shape index (κ2) is 6.94. The minimum Gasteiger partial charge on any atom is -0.369 e. The van der Waals surface area contributed by atoms with Crippen molar-refractivity contribution in [2.24, 2.45) is 10.7 Å². The van der Waals surface area contributed by atoms with E-state index in [1.54, 1.807) is 36.7 Å². The second-order valence-corrected chi connectivity index (χ2v) is 6.83. The van der Waals surface area contributed by atoms with Crippen LogP contribution in [0.15, 0.2) is 72.2 Å². The number of aromatic nitrogens is 2. The maximum atomic E-state index is 13.3. The van der Waals surface area contributed by atoms with Crippen LogP contribution in [0.3, 0.4) is 0 Å². The lowest BCUT2D eigenvalue weighted by atomic mass is 9.82. The number of halogens is 3. The van der Waals surface area contributed by atoms with E-state index in [4.69, 9.17) is 5.73 Å². The summed E-state index contributed by atoms with van der Waals surface area (Å²) in [7, 11) is 1.43. The lowest BCUT2D eigenvalue weighted by Gasteiger charge is -2.26. The van der Waals surface area contributed by atoms with Gasteiger partial charge in [0.25, 0.3) is 5.91 Å². The van der Waals surface area contributed by atoms with Crippen LogP contribution in [-0.4, -0.2) is 33.8 Å². The summed E-state index contributed by atoms with van der Waals surface area (Å²) in [6, 6.07) is 11.3. The molecular formula is C21H16F3N5O. The highest BCUT2D eigenvalue weighted by Gasteiger charge is 2.50. The summed E-state index contributed by atoms with van der Waals surface area (Å²) in [6.07, 6.45) is 0.575. The minimum absolute atomic E-state index is 0.0158. The number of rotatable bonds is 3. The van der Waals surface area contributed by atoms with E-state index < -0.39 is 23.2 Å². The lowest BCUT2D eigenvalue weighted by molar-refractivity contribution is -0.138. The fourth-order valence-corrected chi connectivity index (χ4v) is 3.43. The number of guanidine groups is 1. The Bertz CT molecular complexity index is 1150. The zero-order chi connectivity index (χ0) is 21.5. The van der Waals surface area contributed by atoms with Crippen LogP contribution in [0.25, 0.3) is 11.1 Å². The van der Waals surface area contributed by atoms with Crippen LogP contribution in [0.4, 0.5) is 13.2 Å². The quantitative estimate of drug-likeness (QED) is 0.717. The third-order valence-corrected chi connectivity index (χ3v) is 5.00. The molecule has 0 saturated heterocycles. The highest BCUT2D eigenvalue weighted by atomic mass is 19.4. The van der Waals surface area contributed by atoms with Crippen LogP contribution in [0, 0.1) is 0 Å². The van der Waals surface area contributed by atoms with E-state index in [2.05, 4.69) is 15.0 Å². The van der Waals surface area contributed by atoms with Crippen LogP contribution in [-0.2, 0) is 16.5 Å². The maximum Gasteiger partial charge on any atom is 0.417 e. The van der Waals surface area contributed by atoms with Gasteiger partial charge in [0.2, 0.25) is 0 Å². The SMILES string of the molecule is CN1C(=O)C(c2cccc(-c3cccnc3)c2)(c2cncc(C(F)(F)F)c2)N=C1N. The van der Waals surface area contributed by atoms with Crippen molar-refractivity contribution in [3.8, 4) is 11.1 Å². The molecule has 3 heterocycles. The third-order valence-electron chi connectivity index (χ3n) is 5.00. The Morgan fingerprint density at radius 2 is 1.73 bits per heavy atom.